The van der Waals surface area contributed by atoms with Crippen LogP contribution >= 0.6 is 50.7 Å². The molecule has 0 atom stereocenters. The zero-order valence-electron chi connectivity index (χ0n) is 16.5. The Hall–Kier alpha value is -2.13. The summed E-state index contributed by atoms with van der Waals surface area (Å²) >= 11 is 22.0. The van der Waals surface area contributed by atoms with Gasteiger partial charge in [-0.25, -0.2) is 9.67 Å². The van der Waals surface area contributed by atoms with E-state index in [9.17, 15) is 9.59 Å². The molecular weight excluding hydrogens is 529 g/mol. The van der Waals surface area contributed by atoms with Crippen molar-refractivity contribution in [3.8, 4) is 5.82 Å². The normalized spacial score (nSPS) is 10.8. The van der Waals surface area contributed by atoms with Gasteiger partial charge in [-0.05, 0) is 54.0 Å². The molecule has 0 spiro atoms. The van der Waals surface area contributed by atoms with Crippen molar-refractivity contribution in [2.75, 3.05) is 18.4 Å². The first-order valence-electron chi connectivity index (χ1n) is 9.22. The van der Waals surface area contributed by atoms with Gasteiger partial charge in [0.05, 0.1) is 21.3 Å². The second-order valence-corrected chi connectivity index (χ2v) is 8.38. The molecule has 3 aromatic rings. The number of halogens is 4. The van der Waals surface area contributed by atoms with Crippen molar-refractivity contribution in [1.82, 2.24) is 19.7 Å². The molecule has 0 aliphatic heterocycles. The van der Waals surface area contributed by atoms with E-state index in [1.807, 2.05) is 13.8 Å². The molecule has 0 unspecified atom stereocenters. The van der Waals surface area contributed by atoms with Gasteiger partial charge in [0, 0.05) is 30.4 Å². The fourth-order valence-electron chi connectivity index (χ4n) is 2.94. The number of amides is 2. The van der Waals surface area contributed by atoms with Crippen LogP contribution in [0.25, 0.3) is 5.82 Å². The SMILES string of the molecule is CCN(CC)C(=O)c1cc(Cl)cc(Cl)c1NC(=O)c1cc(Br)nn1-c1ncccc1Cl. The number of pyridine rings is 1. The summed E-state index contributed by atoms with van der Waals surface area (Å²) in [5, 5.41) is 7.70. The minimum Gasteiger partial charge on any atom is -0.339 e. The molecule has 31 heavy (non-hydrogen) atoms. The molecule has 0 saturated heterocycles. The van der Waals surface area contributed by atoms with Gasteiger partial charge in [-0.2, -0.15) is 5.10 Å². The van der Waals surface area contributed by atoms with Crippen LogP contribution in [-0.4, -0.2) is 44.6 Å². The zero-order chi connectivity index (χ0) is 22.7. The molecular formula is C20H17BrCl3N5O2. The van der Waals surface area contributed by atoms with E-state index in [-0.39, 0.29) is 38.7 Å². The Morgan fingerprint density at radius 2 is 1.84 bits per heavy atom. The van der Waals surface area contributed by atoms with Crippen LogP contribution in [0.4, 0.5) is 5.69 Å². The van der Waals surface area contributed by atoms with Crippen LogP contribution < -0.4 is 5.32 Å². The fourth-order valence-corrected chi connectivity index (χ4v) is 4.05. The Morgan fingerprint density at radius 1 is 1.13 bits per heavy atom. The van der Waals surface area contributed by atoms with Gasteiger partial charge in [-0.15, -0.1) is 0 Å². The predicted molar refractivity (Wildman–Crippen MR) is 126 cm³/mol. The maximum atomic E-state index is 13.2. The number of hydrogen-bond donors (Lipinski definition) is 1. The molecule has 1 N–H and O–H groups in total. The van der Waals surface area contributed by atoms with E-state index in [0.717, 1.165) is 0 Å². The molecule has 11 heteroatoms. The molecule has 0 aliphatic carbocycles. The van der Waals surface area contributed by atoms with Gasteiger partial charge in [-0.1, -0.05) is 34.8 Å². The average molecular weight is 546 g/mol. The monoisotopic (exact) mass is 543 g/mol. The number of nitrogens with one attached hydrogen (secondary N) is 1. The highest BCUT2D eigenvalue weighted by Gasteiger charge is 2.24. The summed E-state index contributed by atoms with van der Waals surface area (Å²) in [5.41, 5.74) is 0.485. The molecule has 2 aromatic heterocycles. The molecule has 1 aromatic carbocycles. The van der Waals surface area contributed by atoms with E-state index in [2.05, 4.69) is 31.3 Å². The van der Waals surface area contributed by atoms with Gasteiger partial charge in [0.1, 0.15) is 10.3 Å². The van der Waals surface area contributed by atoms with E-state index in [1.165, 1.54) is 29.1 Å². The van der Waals surface area contributed by atoms with Crippen molar-refractivity contribution in [2.45, 2.75) is 13.8 Å². The van der Waals surface area contributed by atoms with Crippen molar-refractivity contribution in [3.05, 3.63) is 67.5 Å². The number of nitrogens with zero attached hydrogens (tertiary/aromatic N) is 4. The summed E-state index contributed by atoms with van der Waals surface area (Å²) in [6.07, 6.45) is 1.54. The molecule has 0 saturated carbocycles. The number of aromatic nitrogens is 3. The second kappa shape index (κ2) is 9.99. The Balaban J connectivity index is 2.04. The highest BCUT2D eigenvalue weighted by Crippen LogP contribution is 2.32. The number of carbonyl (C=O) groups is 2. The van der Waals surface area contributed by atoms with Gasteiger partial charge < -0.3 is 10.2 Å². The molecule has 0 aliphatic rings. The van der Waals surface area contributed by atoms with Crippen molar-refractivity contribution < 1.29 is 9.59 Å². The molecule has 0 radical (unpaired) electrons. The van der Waals surface area contributed by atoms with E-state index in [4.69, 9.17) is 34.8 Å². The smallest absolute Gasteiger partial charge is 0.274 e. The van der Waals surface area contributed by atoms with Crippen molar-refractivity contribution in [1.29, 1.82) is 0 Å². The van der Waals surface area contributed by atoms with Gasteiger partial charge in [0.25, 0.3) is 11.8 Å². The largest absolute Gasteiger partial charge is 0.339 e. The maximum Gasteiger partial charge on any atom is 0.274 e. The van der Waals surface area contributed by atoms with E-state index < -0.39 is 5.91 Å². The van der Waals surface area contributed by atoms with E-state index >= 15 is 0 Å². The standard InChI is InChI=1S/C20H17BrCl3N5O2/c1-3-28(4-2)20(31)12-8-11(22)9-14(24)17(12)26-19(30)15-10-16(21)27-29(15)18-13(23)6-5-7-25-18/h5-10H,3-4H2,1-2H3,(H,26,30). The van der Waals surface area contributed by atoms with E-state index in [0.29, 0.717) is 22.7 Å². The topological polar surface area (TPSA) is 80.1 Å². The third-order valence-electron chi connectivity index (χ3n) is 4.43. The Kier molecular flexibility index (Phi) is 7.59. The highest BCUT2D eigenvalue weighted by atomic mass is 79.9. The lowest BCUT2D eigenvalue weighted by atomic mass is 10.1. The lowest BCUT2D eigenvalue weighted by Gasteiger charge is -2.21. The fraction of sp³-hybridized carbons (Fsp3) is 0.200. The third kappa shape index (κ3) is 5.03. The lowest BCUT2D eigenvalue weighted by molar-refractivity contribution is 0.0774. The Labute approximate surface area is 202 Å². The second-order valence-electron chi connectivity index (χ2n) is 6.31. The summed E-state index contributed by atoms with van der Waals surface area (Å²) in [4.78, 5) is 32.0. The van der Waals surface area contributed by atoms with Gasteiger partial charge >= 0.3 is 0 Å². The average Bonchev–Trinajstić information content (AvgIpc) is 3.12. The highest BCUT2D eigenvalue weighted by molar-refractivity contribution is 9.10. The summed E-state index contributed by atoms with van der Waals surface area (Å²) in [5.74, 6) is -0.577. The molecule has 0 bridgehead atoms. The Bertz CT molecular complexity index is 1150. The number of hydrogen-bond acceptors (Lipinski definition) is 4. The van der Waals surface area contributed by atoms with Gasteiger partial charge in [-0.3, -0.25) is 9.59 Å². The summed E-state index contributed by atoms with van der Waals surface area (Å²) in [7, 11) is 0. The van der Waals surface area contributed by atoms with Crippen LogP contribution in [0.3, 0.4) is 0 Å². The number of rotatable bonds is 6. The minimum absolute atomic E-state index is 0.136. The molecule has 162 valence electrons. The molecule has 7 nitrogen and oxygen atoms in total. The first-order chi connectivity index (χ1) is 14.8. The third-order valence-corrected chi connectivity index (χ3v) is 5.63. The van der Waals surface area contributed by atoms with Crippen molar-refractivity contribution >= 4 is 68.2 Å². The van der Waals surface area contributed by atoms with E-state index in [1.54, 1.807) is 17.0 Å². The van der Waals surface area contributed by atoms with Crippen LogP contribution in [-0.2, 0) is 0 Å². The first-order valence-corrected chi connectivity index (χ1v) is 11.2. The summed E-state index contributed by atoms with van der Waals surface area (Å²) in [6, 6.07) is 7.75. The first kappa shape index (κ1) is 23.5. The van der Waals surface area contributed by atoms with Crippen LogP contribution in [0, 0.1) is 0 Å². The molecule has 2 amide bonds. The number of anilines is 1. The number of benzene rings is 1. The lowest BCUT2D eigenvalue weighted by Crippen LogP contribution is -2.31. The predicted octanol–water partition coefficient (Wildman–Crippen LogP) is 5.72. The summed E-state index contributed by atoms with van der Waals surface area (Å²) in [6.45, 7) is 4.70. The van der Waals surface area contributed by atoms with Crippen LogP contribution in [0.2, 0.25) is 15.1 Å². The molecule has 0 fully saturated rings. The number of carbonyl (C=O) groups excluding carboxylic acids is 2. The summed E-state index contributed by atoms with van der Waals surface area (Å²) < 4.78 is 1.71. The maximum absolute atomic E-state index is 13.2. The van der Waals surface area contributed by atoms with Crippen LogP contribution in [0.1, 0.15) is 34.7 Å². The van der Waals surface area contributed by atoms with Crippen molar-refractivity contribution in [2.24, 2.45) is 0 Å². The zero-order valence-corrected chi connectivity index (χ0v) is 20.3. The van der Waals surface area contributed by atoms with Crippen LogP contribution in [0.15, 0.2) is 41.1 Å². The van der Waals surface area contributed by atoms with Gasteiger partial charge in [0.15, 0.2) is 5.82 Å². The molecule has 3 rings (SSSR count). The quantitative estimate of drug-likeness (QED) is 0.429. The van der Waals surface area contributed by atoms with Crippen molar-refractivity contribution in [3.63, 3.8) is 0 Å². The van der Waals surface area contributed by atoms with Gasteiger partial charge in [0.2, 0.25) is 0 Å². The molecule has 2 heterocycles. The Morgan fingerprint density at radius 3 is 2.48 bits per heavy atom. The minimum atomic E-state index is -0.558. The van der Waals surface area contributed by atoms with Crippen LogP contribution in [0.5, 0.6) is 0 Å².